The monoisotopic (exact) mass is 278 g/mol. The molecule has 2 rings (SSSR count). The summed E-state index contributed by atoms with van der Waals surface area (Å²) in [7, 11) is 0. The van der Waals surface area contributed by atoms with Gasteiger partial charge in [0, 0.05) is 15.4 Å². The molecule has 3 N–H and O–H groups in total. The van der Waals surface area contributed by atoms with E-state index in [-0.39, 0.29) is 5.84 Å². The molecule has 0 saturated heterocycles. The summed E-state index contributed by atoms with van der Waals surface area (Å²) in [6.45, 7) is 1.85. The Hall–Kier alpha value is -1.88. The average molecular weight is 278 g/mol. The van der Waals surface area contributed by atoms with Gasteiger partial charge in [0.2, 0.25) is 0 Å². The van der Waals surface area contributed by atoms with Crippen molar-refractivity contribution in [2.45, 2.75) is 16.7 Å². The molecule has 2 aromatic rings. The second-order valence-electron chi connectivity index (χ2n) is 4.07. The summed E-state index contributed by atoms with van der Waals surface area (Å²) in [5.41, 5.74) is 6.99. The number of rotatable bonds is 3. The molecule has 0 spiro atoms. The molecule has 0 aliphatic rings. The average Bonchev–Trinajstić information content (AvgIpc) is 2.33. The quantitative estimate of drug-likeness (QED) is 0.664. The molecular weight excluding hydrogens is 266 g/mol. The van der Waals surface area contributed by atoms with Crippen LogP contribution in [0.1, 0.15) is 11.1 Å². The Balaban J connectivity index is 2.26. The van der Waals surface area contributed by atoms with Crippen molar-refractivity contribution in [1.82, 2.24) is 0 Å². The summed E-state index contributed by atoms with van der Waals surface area (Å²) in [4.78, 5) is 1.50. The van der Waals surface area contributed by atoms with Crippen LogP contribution in [-0.4, -0.2) is 5.84 Å². The standard InChI is InChI=1S/C14H12F2N2S/c1-8-6-9(2-4-11(8)14(17)18)19-10-3-5-12(15)13(16)7-10/h2-7H,1H3,(H3,17,18). The van der Waals surface area contributed by atoms with Gasteiger partial charge in [0.15, 0.2) is 11.6 Å². The molecule has 0 heterocycles. The Labute approximate surface area is 114 Å². The molecule has 0 bridgehead atoms. The van der Waals surface area contributed by atoms with Gasteiger partial charge < -0.3 is 5.73 Å². The number of nitrogens with two attached hydrogens (primary N) is 1. The van der Waals surface area contributed by atoms with Crippen molar-refractivity contribution in [1.29, 1.82) is 5.41 Å². The first-order chi connectivity index (χ1) is 8.97. The van der Waals surface area contributed by atoms with Gasteiger partial charge in [-0.2, -0.15) is 0 Å². The van der Waals surface area contributed by atoms with Crippen LogP contribution in [0.2, 0.25) is 0 Å². The SMILES string of the molecule is Cc1cc(Sc2ccc(F)c(F)c2)ccc1C(=N)N. The lowest BCUT2D eigenvalue weighted by Gasteiger charge is -2.07. The van der Waals surface area contributed by atoms with E-state index in [1.54, 1.807) is 12.1 Å². The van der Waals surface area contributed by atoms with Gasteiger partial charge in [-0.3, -0.25) is 5.41 Å². The fourth-order valence-corrected chi connectivity index (χ4v) is 2.62. The van der Waals surface area contributed by atoms with Crippen LogP contribution in [0, 0.1) is 24.0 Å². The summed E-state index contributed by atoms with van der Waals surface area (Å²) < 4.78 is 25.9. The van der Waals surface area contributed by atoms with Gasteiger partial charge in [-0.1, -0.05) is 11.8 Å². The molecule has 0 aliphatic carbocycles. The van der Waals surface area contributed by atoms with Gasteiger partial charge in [0.05, 0.1) is 0 Å². The van der Waals surface area contributed by atoms with Gasteiger partial charge >= 0.3 is 0 Å². The molecule has 0 aliphatic heterocycles. The smallest absolute Gasteiger partial charge is 0.159 e. The van der Waals surface area contributed by atoms with Crippen LogP contribution in [0.15, 0.2) is 46.2 Å². The highest BCUT2D eigenvalue weighted by molar-refractivity contribution is 7.99. The number of aryl methyl sites for hydroxylation is 1. The zero-order chi connectivity index (χ0) is 14.0. The maximum Gasteiger partial charge on any atom is 0.159 e. The van der Waals surface area contributed by atoms with E-state index in [1.807, 2.05) is 13.0 Å². The predicted molar refractivity (Wildman–Crippen MR) is 72.7 cm³/mol. The van der Waals surface area contributed by atoms with Crippen molar-refractivity contribution < 1.29 is 8.78 Å². The fraction of sp³-hybridized carbons (Fsp3) is 0.0714. The number of nitrogen functional groups attached to an aromatic ring is 1. The molecule has 0 fully saturated rings. The molecule has 0 unspecified atom stereocenters. The lowest BCUT2D eigenvalue weighted by molar-refractivity contribution is 0.506. The molecule has 98 valence electrons. The second-order valence-corrected chi connectivity index (χ2v) is 5.22. The van der Waals surface area contributed by atoms with Crippen molar-refractivity contribution >= 4 is 17.6 Å². The van der Waals surface area contributed by atoms with Crippen molar-refractivity contribution in [3.8, 4) is 0 Å². The zero-order valence-electron chi connectivity index (χ0n) is 10.2. The zero-order valence-corrected chi connectivity index (χ0v) is 11.0. The van der Waals surface area contributed by atoms with Crippen LogP contribution in [0.5, 0.6) is 0 Å². The topological polar surface area (TPSA) is 49.9 Å². The minimum atomic E-state index is -0.859. The van der Waals surface area contributed by atoms with E-state index in [9.17, 15) is 8.78 Å². The third kappa shape index (κ3) is 3.12. The Morgan fingerprint density at radius 1 is 1.05 bits per heavy atom. The van der Waals surface area contributed by atoms with Crippen molar-refractivity contribution in [2.24, 2.45) is 5.73 Å². The molecule has 19 heavy (non-hydrogen) atoms. The summed E-state index contributed by atoms with van der Waals surface area (Å²) in [6.07, 6.45) is 0. The maximum atomic E-state index is 13.1. The van der Waals surface area contributed by atoms with Crippen molar-refractivity contribution in [3.63, 3.8) is 0 Å². The van der Waals surface area contributed by atoms with Gasteiger partial charge in [0.25, 0.3) is 0 Å². The molecule has 2 aromatic carbocycles. The third-order valence-corrected chi connectivity index (χ3v) is 3.59. The lowest BCUT2D eigenvalue weighted by Crippen LogP contribution is -2.12. The first-order valence-corrected chi connectivity index (χ1v) is 6.37. The number of benzene rings is 2. The predicted octanol–water partition coefficient (Wildman–Crippen LogP) is 3.71. The van der Waals surface area contributed by atoms with Crippen molar-refractivity contribution in [3.05, 3.63) is 59.2 Å². The second kappa shape index (κ2) is 5.40. The van der Waals surface area contributed by atoms with Gasteiger partial charge in [-0.05, 0) is 48.9 Å². The molecule has 0 amide bonds. The molecule has 2 nitrogen and oxygen atoms in total. The van der Waals surface area contributed by atoms with Crippen LogP contribution in [-0.2, 0) is 0 Å². The third-order valence-electron chi connectivity index (χ3n) is 2.61. The van der Waals surface area contributed by atoms with Crippen LogP contribution < -0.4 is 5.73 Å². The Bertz CT molecular complexity index is 641. The molecule has 5 heteroatoms. The molecule has 0 aromatic heterocycles. The highest BCUT2D eigenvalue weighted by Gasteiger charge is 2.06. The van der Waals surface area contributed by atoms with Crippen LogP contribution in [0.25, 0.3) is 0 Å². The molecule has 0 saturated carbocycles. The lowest BCUT2D eigenvalue weighted by atomic mass is 10.1. The first kappa shape index (κ1) is 13.5. The van der Waals surface area contributed by atoms with E-state index in [1.165, 1.54) is 17.8 Å². The highest BCUT2D eigenvalue weighted by Crippen LogP contribution is 2.29. The van der Waals surface area contributed by atoms with E-state index in [4.69, 9.17) is 11.1 Å². The molecule has 0 atom stereocenters. The van der Waals surface area contributed by atoms with E-state index in [0.717, 1.165) is 22.6 Å². The Morgan fingerprint density at radius 2 is 1.68 bits per heavy atom. The van der Waals surface area contributed by atoms with Crippen LogP contribution >= 0.6 is 11.8 Å². The number of hydrogen-bond donors (Lipinski definition) is 2. The maximum absolute atomic E-state index is 13.1. The fourth-order valence-electron chi connectivity index (χ4n) is 1.68. The summed E-state index contributed by atoms with van der Waals surface area (Å²) >= 11 is 1.33. The number of halogens is 2. The largest absolute Gasteiger partial charge is 0.384 e. The summed E-state index contributed by atoms with van der Waals surface area (Å²) in [5.74, 6) is -1.70. The summed E-state index contributed by atoms with van der Waals surface area (Å²) in [5, 5.41) is 7.40. The van der Waals surface area contributed by atoms with Gasteiger partial charge in [0.1, 0.15) is 5.84 Å². The van der Waals surface area contributed by atoms with Gasteiger partial charge in [-0.25, -0.2) is 8.78 Å². The minimum Gasteiger partial charge on any atom is -0.384 e. The Kier molecular flexibility index (Phi) is 3.85. The van der Waals surface area contributed by atoms with E-state index in [2.05, 4.69) is 0 Å². The molecule has 0 radical (unpaired) electrons. The van der Waals surface area contributed by atoms with Crippen molar-refractivity contribution in [2.75, 3.05) is 0 Å². The van der Waals surface area contributed by atoms with Crippen LogP contribution in [0.4, 0.5) is 8.78 Å². The van der Waals surface area contributed by atoms with Crippen LogP contribution in [0.3, 0.4) is 0 Å². The minimum absolute atomic E-state index is 0.0156. The Morgan fingerprint density at radius 3 is 2.26 bits per heavy atom. The number of hydrogen-bond acceptors (Lipinski definition) is 2. The van der Waals surface area contributed by atoms with Gasteiger partial charge in [-0.15, -0.1) is 0 Å². The highest BCUT2D eigenvalue weighted by atomic mass is 32.2. The van der Waals surface area contributed by atoms with E-state index >= 15 is 0 Å². The number of nitrogens with one attached hydrogen (secondary N) is 1. The first-order valence-electron chi connectivity index (χ1n) is 5.55. The number of amidine groups is 1. The summed E-state index contributed by atoms with van der Waals surface area (Å²) in [6, 6.07) is 9.21. The molecular formula is C14H12F2N2S. The van der Waals surface area contributed by atoms with E-state index in [0.29, 0.717) is 10.5 Å². The van der Waals surface area contributed by atoms with E-state index < -0.39 is 11.6 Å². The normalized spacial score (nSPS) is 10.5.